The average Bonchev–Trinajstić information content (AvgIpc) is 2.86. The third-order valence-corrected chi connectivity index (χ3v) is 6.17. The van der Waals surface area contributed by atoms with Crippen LogP contribution < -0.4 is 10.1 Å². The molecule has 0 fully saturated rings. The molecule has 0 saturated carbocycles. The van der Waals surface area contributed by atoms with Crippen molar-refractivity contribution >= 4 is 23.4 Å². The SMILES string of the molecule is Cc1cc(OCC(=O)N(Cc2ccccc2F)[C@@H](Cc2ccccc2)C(=O)NCC(C)C)ccc1Cl. The van der Waals surface area contributed by atoms with Crippen LogP contribution in [0, 0.1) is 18.7 Å². The predicted molar refractivity (Wildman–Crippen MR) is 140 cm³/mol. The van der Waals surface area contributed by atoms with Gasteiger partial charge in [-0.25, -0.2) is 4.39 Å². The summed E-state index contributed by atoms with van der Waals surface area (Å²) in [5.41, 5.74) is 2.03. The van der Waals surface area contributed by atoms with Crippen LogP contribution in [0.2, 0.25) is 5.02 Å². The third kappa shape index (κ3) is 7.82. The highest BCUT2D eigenvalue weighted by Crippen LogP contribution is 2.22. The van der Waals surface area contributed by atoms with E-state index in [9.17, 15) is 14.0 Å². The monoisotopic (exact) mass is 510 g/mol. The Bertz CT molecular complexity index is 1170. The zero-order valence-corrected chi connectivity index (χ0v) is 21.6. The number of carbonyl (C=O) groups is 2. The molecule has 0 heterocycles. The summed E-state index contributed by atoms with van der Waals surface area (Å²) in [6, 6.07) is 20.0. The maximum absolute atomic E-state index is 14.6. The van der Waals surface area contributed by atoms with E-state index in [1.165, 1.54) is 11.0 Å². The molecule has 1 atom stereocenters. The van der Waals surface area contributed by atoms with E-state index in [1.54, 1.807) is 36.4 Å². The summed E-state index contributed by atoms with van der Waals surface area (Å²) in [5, 5.41) is 3.54. The smallest absolute Gasteiger partial charge is 0.261 e. The second kappa shape index (κ2) is 13.1. The maximum atomic E-state index is 14.6. The van der Waals surface area contributed by atoms with E-state index >= 15 is 0 Å². The Morgan fingerprint density at radius 1 is 1.03 bits per heavy atom. The molecule has 0 radical (unpaired) electrons. The van der Waals surface area contributed by atoms with Crippen molar-refractivity contribution in [3.63, 3.8) is 0 Å². The number of rotatable bonds is 11. The van der Waals surface area contributed by atoms with Crippen molar-refractivity contribution in [2.45, 2.75) is 39.8 Å². The van der Waals surface area contributed by atoms with E-state index in [0.29, 0.717) is 22.9 Å². The molecule has 7 heteroatoms. The van der Waals surface area contributed by atoms with Gasteiger partial charge in [0.15, 0.2) is 6.61 Å². The van der Waals surface area contributed by atoms with Crippen LogP contribution in [0.15, 0.2) is 72.8 Å². The number of hydrogen-bond donors (Lipinski definition) is 1. The first-order valence-electron chi connectivity index (χ1n) is 12.0. The Kier molecular flexibility index (Phi) is 9.88. The number of carbonyl (C=O) groups excluding carboxylic acids is 2. The fourth-order valence-corrected chi connectivity index (χ4v) is 3.84. The molecule has 3 rings (SSSR count). The summed E-state index contributed by atoms with van der Waals surface area (Å²) in [6.45, 7) is 5.93. The molecule has 190 valence electrons. The second-order valence-corrected chi connectivity index (χ2v) is 9.56. The maximum Gasteiger partial charge on any atom is 0.261 e. The summed E-state index contributed by atoms with van der Waals surface area (Å²) in [6.07, 6.45) is 0.283. The number of nitrogens with one attached hydrogen (secondary N) is 1. The van der Waals surface area contributed by atoms with E-state index in [0.717, 1.165) is 11.1 Å². The number of nitrogens with zero attached hydrogens (tertiary/aromatic N) is 1. The lowest BCUT2D eigenvalue weighted by Gasteiger charge is -2.31. The van der Waals surface area contributed by atoms with Gasteiger partial charge in [-0.15, -0.1) is 0 Å². The molecule has 5 nitrogen and oxygen atoms in total. The molecule has 0 spiro atoms. The molecule has 0 unspecified atom stereocenters. The van der Waals surface area contributed by atoms with Gasteiger partial charge in [-0.3, -0.25) is 9.59 Å². The van der Waals surface area contributed by atoms with E-state index in [2.05, 4.69) is 5.32 Å². The lowest BCUT2D eigenvalue weighted by Crippen LogP contribution is -2.52. The fourth-order valence-electron chi connectivity index (χ4n) is 3.72. The molecule has 2 amide bonds. The lowest BCUT2D eigenvalue weighted by atomic mass is 10.0. The summed E-state index contributed by atoms with van der Waals surface area (Å²) >= 11 is 6.09. The molecule has 1 N–H and O–H groups in total. The van der Waals surface area contributed by atoms with Crippen LogP contribution in [0.25, 0.3) is 0 Å². The molecule has 3 aromatic carbocycles. The number of ether oxygens (including phenoxy) is 1. The third-order valence-electron chi connectivity index (χ3n) is 5.75. The van der Waals surface area contributed by atoms with Gasteiger partial charge in [-0.1, -0.05) is 74.0 Å². The van der Waals surface area contributed by atoms with Crippen molar-refractivity contribution < 1.29 is 18.7 Å². The molecule has 36 heavy (non-hydrogen) atoms. The normalized spacial score (nSPS) is 11.7. The molecule has 0 saturated heterocycles. The Hall–Kier alpha value is -3.38. The summed E-state index contributed by atoms with van der Waals surface area (Å²) in [5.74, 6) is -0.435. The standard InChI is InChI=1S/C29H32ClFN2O3/c1-20(2)17-32-29(35)27(16-22-9-5-4-6-10-22)33(18-23-11-7-8-12-26(23)31)28(34)19-36-24-13-14-25(30)21(3)15-24/h4-15,20,27H,16-19H2,1-3H3,(H,32,35)/t27-/m0/s1. The first kappa shape index (κ1) is 27.2. The topological polar surface area (TPSA) is 58.6 Å². The van der Waals surface area contributed by atoms with Crippen molar-refractivity contribution in [1.82, 2.24) is 10.2 Å². The molecule has 0 aliphatic carbocycles. The molecular weight excluding hydrogens is 479 g/mol. The van der Waals surface area contributed by atoms with Crippen LogP contribution in [-0.4, -0.2) is 35.9 Å². The number of amides is 2. The van der Waals surface area contributed by atoms with E-state index in [1.807, 2.05) is 51.1 Å². The molecule has 0 aromatic heterocycles. The lowest BCUT2D eigenvalue weighted by molar-refractivity contribution is -0.142. The van der Waals surface area contributed by atoms with E-state index < -0.39 is 17.8 Å². The Morgan fingerprint density at radius 2 is 1.72 bits per heavy atom. The number of benzene rings is 3. The molecule has 0 aliphatic heterocycles. The van der Waals surface area contributed by atoms with Crippen molar-refractivity contribution in [1.29, 1.82) is 0 Å². The highest BCUT2D eigenvalue weighted by atomic mass is 35.5. The molecule has 0 bridgehead atoms. The van der Waals surface area contributed by atoms with E-state index in [-0.39, 0.29) is 31.4 Å². The van der Waals surface area contributed by atoms with Crippen molar-refractivity contribution in [2.24, 2.45) is 5.92 Å². The molecule has 3 aromatic rings. The average molecular weight is 511 g/mol. The van der Waals surface area contributed by atoms with Gasteiger partial charge >= 0.3 is 0 Å². The fraction of sp³-hybridized carbons (Fsp3) is 0.310. The second-order valence-electron chi connectivity index (χ2n) is 9.16. The Labute approximate surface area is 217 Å². The van der Waals surface area contributed by atoms with Gasteiger partial charge in [0.2, 0.25) is 5.91 Å². The van der Waals surface area contributed by atoms with Gasteiger partial charge in [0.05, 0.1) is 0 Å². The van der Waals surface area contributed by atoms with Crippen LogP contribution >= 0.6 is 11.6 Å². The number of aryl methyl sites for hydroxylation is 1. The first-order chi connectivity index (χ1) is 17.2. The predicted octanol–water partition coefficient (Wildman–Crippen LogP) is 5.58. The van der Waals surface area contributed by atoms with Gasteiger partial charge < -0.3 is 15.0 Å². The minimum absolute atomic E-state index is 0.0683. The van der Waals surface area contributed by atoms with Crippen LogP contribution in [0.1, 0.15) is 30.5 Å². The Morgan fingerprint density at radius 3 is 2.39 bits per heavy atom. The van der Waals surface area contributed by atoms with Gasteiger partial charge in [0.1, 0.15) is 17.6 Å². The van der Waals surface area contributed by atoms with Crippen LogP contribution in [-0.2, 0) is 22.6 Å². The molecular formula is C29H32ClFN2O3. The number of halogens is 2. The van der Waals surface area contributed by atoms with Crippen LogP contribution in [0.5, 0.6) is 5.75 Å². The van der Waals surface area contributed by atoms with Crippen LogP contribution in [0.4, 0.5) is 4.39 Å². The minimum atomic E-state index is -0.853. The van der Waals surface area contributed by atoms with Crippen molar-refractivity contribution in [3.05, 3.63) is 100 Å². The van der Waals surface area contributed by atoms with Gasteiger partial charge in [-0.05, 0) is 48.2 Å². The summed E-state index contributed by atoms with van der Waals surface area (Å²) in [7, 11) is 0. The zero-order valence-electron chi connectivity index (χ0n) is 20.8. The highest BCUT2D eigenvalue weighted by molar-refractivity contribution is 6.31. The van der Waals surface area contributed by atoms with Gasteiger partial charge in [0.25, 0.3) is 5.91 Å². The highest BCUT2D eigenvalue weighted by Gasteiger charge is 2.31. The van der Waals surface area contributed by atoms with Crippen molar-refractivity contribution in [2.75, 3.05) is 13.2 Å². The quantitative estimate of drug-likeness (QED) is 0.366. The number of hydrogen-bond acceptors (Lipinski definition) is 3. The minimum Gasteiger partial charge on any atom is -0.484 e. The van der Waals surface area contributed by atoms with Gasteiger partial charge in [0, 0.05) is 30.1 Å². The van der Waals surface area contributed by atoms with Crippen molar-refractivity contribution in [3.8, 4) is 5.75 Å². The summed E-state index contributed by atoms with van der Waals surface area (Å²) < 4.78 is 20.4. The summed E-state index contributed by atoms with van der Waals surface area (Å²) in [4.78, 5) is 28.3. The van der Waals surface area contributed by atoms with Gasteiger partial charge in [-0.2, -0.15) is 0 Å². The van der Waals surface area contributed by atoms with Crippen LogP contribution in [0.3, 0.4) is 0 Å². The van der Waals surface area contributed by atoms with E-state index in [4.69, 9.17) is 16.3 Å². The first-order valence-corrected chi connectivity index (χ1v) is 12.4. The Balaban J connectivity index is 1.91. The molecule has 0 aliphatic rings. The zero-order chi connectivity index (χ0) is 26.1. The largest absolute Gasteiger partial charge is 0.484 e.